The number of halogens is 6. The lowest BCUT2D eigenvalue weighted by Crippen LogP contribution is -2.09. The summed E-state index contributed by atoms with van der Waals surface area (Å²) < 4.78 is 91.3. The fraction of sp³-hybridized carbons (Fsp3) is 0.200. The van der Waals surface area contributed by atoms with Gasteiger partial charge in [-0.25, -0.2) is 0 Å². The quantitative estimate of drug-likeness (QED) is 0.188. The van der Waals surface area contributed by atoms with Crippen LogP contribution in [0.4, 0.5) is 37.7 Å². The van der Waals surface area contributed by atoms with Gasteiger partial charge in [-0.05, 0) is 122 Å². The Morgan fingerprint density at radius 3 is 1.07 bits per heavy atom. The molecule has 4 rings (SSSR count). The lowest BCUT2D eigenvalue weighted by Gasteiger charge is -2.18. The summed E-state index contributed by atoms with van der Waals surface area (Å²) in [6, 6.07) is 14.2. The monoisotopic (exact) mass is 560 g/mol. The lowest BCUT2D eigenvalue weighted by molar-refractivity contribution is -0.137. The second-order valence-electron chi connectivity index (χ2n) is 9.58. The Morgan fingerprint density at radius 2 is 0.800 bits per heavy atom. The molecule has 4 aromatic rings. The molecular weight excluding hydrogens is 534 g/mol. The van der Waals surface area contributed by atoms with Gasteiger partial charge in [0.15, 0.2) is 0 Å². The normalized spacial score (nSPS) is 11.9. The molecule has 0 aromatic heterocycles. The predicted molar refractivity (Wildman–Crippen MR) is 143 cm³/mol. The first kappa shape index (κ1) is 28.7. The fourth-order valence-electron chi connectivity index (χ4n) is 4.48. The topological polar surface area (TPSA) is 70.5 Å². The van der Waals surface area contributed by atoms with Gasteiger partial charge < -0.3 is 20.9 Å². The fourth-order valence-corrected chi connectivity index (χ4v) is 4.48. The van der Waals surface area contributed by atoms with E-state index >= 15 is 0 Å². The number of alkyl halides is 6. The summed E-state index contributed by atoms with van der Waals surface area (Å²) in [6.07, 6.45) is -9.23. The van der Waals surface area contributed by atoms with Gasteiger partial charge >= 0.3 is 12.4 Å². The largest absolute Gasteiger partial charge is 0.457 e. The Morgan fingerprint density at radius 1 is 0.500 bits per heavy atom. The van der Waals surface area contributed by atoms with Crippen LogP contribution in [0.15, 0.2) is 60.7 Å². The van der Waals surface area contributed by atoms with Gasteiger partial charge in [-0.15, -0.1) is 0 Å². The molecule has 10 heteroatoms. The maximum absolute atomic E-state index is 13.3. The molecule has 0 radical (unpaired) electrons. The van der Waals surface area contributed by atoms with Crippen LogP contribution in [-0.2, 0) is 12.4 Å². The Kier molecular flexibility index (Phi) is 7.40. The van der Waals surface area contributed by atoms with Crippen LogP contribution in [-0.4, -0.2) is 0 Å². The van der Waals surface area contributed by atoms with Gasteiger partial charge in [-0.1, -0.05) is 0 Å². The van der Waals surface area contributed by atoms with Crippen molar-refractivity contribution in [3.8, 4) is 34.1 Å². The first-order valence-electron chi connectivity index (χ1n) is 12.1. The van der Waals surface area contributed by atoms with E-state index < -0.39 is 23.5 Å². The molecule has 0 amide bonds. The molecule has 4 nitrogen and oxygen atoms in total. The molecule has 0 unspecified atom stereocenters. The van der Waals surface area contributed by atoms with E-state index in [4.69, 9.17) is 20.9 Å². The van der Waals surface area contributed by atoms with Crippen molar-refractivity contribution >= 4 is 11.4 Å². The third kappa shape index (κ3) is 5.95. The van der Waals surface area contributed by atoms with Crippen LogP contribution in [0.1, 0.15) is 33.4 Å². The van der Waals surface area contributed by atoms with Crippen LogP contribution in [0.5, 0.6) is 23.0 Å². The third-order valence-electron chi connectivity index (χ3n) is 6.35. The van der Waals surface area contributed by atoms with Crippen molar-refractivity contribution in [2.24, 2.45) is 0 Å². The molecule has 0 atom stereocenters. The molecule has 0 fully saturated rings. The SMILES string of the molecule is Cc1cc(-c2cc(C)c(Oc3ccc(N)c(C(F)(F)F)c3)c(C)c2)cc(C)c1Oc1ccc(N)c(C(F)(F)F)c1. The van der Waals surface area contributed by atoms with Crippen LogP contribution < -0.4 is 20.9 Å². The summed E-state index contributed by atoms with van der Waals surface area (Å²) in [5, 5.41) is 0. The number of hydrogen-bond acceptors (Lipinski definition) is 4. The minimum Gasteiger partial charge on any atom is -0.457 e. The highest BCUT2D eigenvalue weighted by Gasteiger charge is 2.34. The number of aryl methyl sites for hydroxylation is 4. The van der Waals surface area contributed by atoms with Crippen molar-refractivity contribution in [2.75, 3.05) is 11.5 Å². The summed E-state index contributed by atoms with van der Waals surface area (Å²) in [4.78, 5) is 0. The van der Waals surface area contributed by atoms with E-state index in [-0.39, 0.29) is 22.9 Å². The van der Waals surface area contributed by atoms with E-state index in [1.165, 1.54) is 12.1 Å². The maximum atomic E-state index is 13.3. The van der Waals surface area contributed by atoms with Gasteiger partial charge in [0.2, 0.25) is 0 Å². The number of hydrogen-bond donors (Lipinski definition) is 2. The first-order chi connectivity index (χ1) is 18.5. The summed E-state index contributed by atoms with van der Waals surface area (Å²) in [6.45, 7) is 7.13. The van der Waals surface area contributed by atoms with Crippen molar-refractivity contribution in [3.63, 3.8) is 0 Å². The van der Waals surface area contributed by atoms with Gasteiger partial charge in [-0.2, -0.15) is 26.3 Å². The molecule has 210 valence electrons. The third-order valence-corrected chi connectivity index (χ3v) is 6.35. The van der Waals surface area contributed by atoms with Crippen molar-refractivity contribution in [1.82, 2.24) is 0 Å². The van der Waals surface area contributed by atoms with E-state index in [2.05, 4.69) is 0 Å². The molecule has 0 heterocycles. The summed E-state index contributed by atoms with van der Waals surface area (Å²) in [5.41, 5.74) is 12.7. The number of anilines is 2. The zero-order chi connectivity index (χ0) is 29.6. The average Bonchev–Trinajstić information content (AvgIpc) is 2.84. The van der Waals surface area contributed by atoms with Crippen LogP contribution in [0, 0.1) is 27.7 Å². The van der Waals surface area contributed by atoms with E-state index in [0.717, 1.165) is 35.4 Å². The van der Waals surface area contributed by atoms with E-state index in [1.54, 1.807) is 27.7 Å². The number of benzene rings is 4. The molecule has 0 spiro atoms. The number of nitrogen functional groups attached to an aromatic ring is 2. The van der Waals surface area contributed by atoms with Crippen LogP contribution in [0.25, 0.3) is 11.1 Å². The smallest absolute Gasteiger partial charge is 0.418 e. The Hall–Kier alpha value is -4.34. The molecule has 40 heavy (non-hydrogen) atoms. The summed E-state index contributed by atoms with van der Waals surface area (Å²) >= 11 is 0. The highest BCUT2D eigenvalue weighted by Crippen LogP contribution is 2.41. The predicted octanol–water partition coefficient (Wildman–Crippen LogP) is 9.37. The molecule has 0 saturated carbocycles. The average molecular weight is 561 g/mol. The second kappa shape index (κ2) is 10.3. The number of ether oxygens (including phenoxy) is 2. The van der Waals surface area contributed by atoms with Crippen molar-refractivity contribution in [2.45, 2.75) is 40.0 Å². The molecule has 4 aromatic carbocycles. The lowest BCUT2D eigenvalue weighted by atomic mass is 9.96. The molecule has 0 bridgehead atoms. The zero-order valence-electron chi connectivity index (χ0n) is 22.0. The maximum Gasteiger partial charge on any atom is 0.418 e. The second-order valence-corrected chi connectivity index (χ2v) is 9.58. The Bertz CT molecular complexity index is 1430. The van der Waals surface area contributed by atoms with Crippen molar-refractivity contribution in [1.29, 1.82) is 0 Å². The highest BCUT2D eigenvalue weighted by molar-refractivity contribution is 5.71. The van der Waals surface area contributed by atoms with Gasteiger partial charge in [0, 0.05) is 11.4 Å². The van der Waals surface area contributed by atoms with Crippen LogP contribution in [0.2, 0.25) is 0 Å². The van der Waals surface area contributed by atoms with Crippen molar-refractivity contribution < 1.29 is 35.8 Å². The van der Waals surface area contributed by atoms with Gasteiger partial charge in [0.25, 0.3) is 0 Å². The molecule has 0 aliphatic carbocycles. The number of nitrogens with two attached hydrogens (primary N) is 2. The molecule has 0 aliphatic heterocycles. The zero-order valence-corrected chi connectivity index (χ0v) is 22.0. The first-order valence-corrected chi connectivity index (χ1v) is 12.1. The summed E-state index contributed by atoms with van der Waals surface area (Å²) in [7, 11) is 0. The molecule has 4 N–H and O–H groups in total. The molecule has 0 aliphatic rings. The van der Waals surface area contributed by atoms with Crippen LogP contribution >= 0.6 is 0 Å². The Labute approximate surface area is 227 Å². The van der Waals surface area contributed by atoms with E-state index in [1.807, 2.05) is 24.3 Å². The van der Waals surface area contributed by atoms with E-state index in [9.17, 15) is 26.3 Å². The van der Waals surface area contributed by atoms with Gasteiger partial charge in [-0.3, -0.25) is 0 Å². The standard InChI is InChI=1S/C30H26F6N2O2/c1-15-9-19(10-16(2)27(15)39-21-5-7-25(37)23(13-21)29(31,32)33)20-11-17(3)28(18(4)12-20)40-22-6-8-26(38)24(14-22)30(34,35)36/h5-14H,37-38H2,1-4H3. The van der Waals surface area contributed by atoms with Gasteiger partial charge in [0.1, 0.15) is 23.0 Å². The minimum absolute atomic E-state index is 0.00464. The molecule has 0 saturated heterocycles. The van der Waals surface area contributed by atoms with Crippen LogP contribution in [0.3, 0.4) is 0 Å². The number of rotatable bonds is 5. The van der Waals surface area contributed by atoms with Gasteiger partial charge in [0.05, 0.1) is 11.1 Å². The van der Waals surface area contributed by atoms with E-state index in [0.29, 0.717) is 33.8 Å². The summed E-state index contributed by atoms with van der Waals surface area (Å²) in [5.74, 6) is 0.841. The Balaban J connectivity index is 1.63. The molecular formula is C30H26F6N2O2. The minimum atomic E-state index is -4.61. The van der Waals surface area contributed by atoms with Crippen molar-refractivity contribution in [3.05, 3.63) is 94.0 Å². The highest BCUT2D eigenvalue weighted by atomic mass is 19.4.